The van der Waals surface area contributed by atoms with Gasteiger partial charge in [-0.15, -0.1) is 0 Å². The first kappa shape index (κ1) is 17.6. The lowest BCUT2D eigenvalue weighted by Gasteiger charge is -2.32. The standard InChI is InChI=1S/C23H21N5O/c1-27-15-24-14-21(27)16-3-4-18-13-26-20(10-19(18)9-16)12-22(29)17-5-6-25-23(11-17)28-7-2-8-28/h3-6,9-11,13-15H,2,7-8,12H2,1H3. The first-order valence-electron chi connectivity index (χ1n) is 9.77. The summed E-state index contributed by atoms with van der Waals surface area (Å²) < 4.78 is 1.99. The van der Waals surface area contributed by atoms with E-state index in [1.165, 1.54) is 6.42 Å². The van der Waals surface area contributed by atoms with Crippen LogP contribution in [0.2, 0.25) is 0 Å². The second-order valence-electron chi connectivity index (χ2n) is 7.47. The smallest absolute Gasteiger partial charge is 0.169 e. The van der Waals surface area contributed by atoms with Crippen molar-refractivity contribution < 1.29 is 4.79 Å². The molecule has 6 nitrogen and oxygen atoms in total. The van der Waals surface area contributed by atoms with Gasteiger partial charge in [0.25, 0.3) is 0 Å². The number of benzene rings is 1. The molecule has 5 rings (SSSR count). The highest BCUT2D eigenvalue weighted by Crippen LogP contribution is 2.25. The number of ketones is 1. The number of Topliss-reactive ketones (excluding diaryl/α,β-unsaturated/α-hetero) is 1. The number of nitrogens with zero attached hydrogens (tertiary/aromatic N) is 5. The largest absolute Gasteiger partial charge is 0.356 e. The summed E-state index contributed by atoms with van der Waals surface area (Å²) in [6.07, 6.45) is 8.65. The lowest BCUT2D eigenvalue weighted by Crippen LogP contribution is -2.37. The predicted octanol–water partition coefficient (Wildman–Crippen LogP) is 3.67. The van der Waals surface area contributed by atoms with E-state index >= 15 is 0 Å². The summed E-state index contributed by atoms with van der Waals surface area (Å²) in [5.41, 5.74) is 3.60. The van der Waals surface area contributed by atoms with Gasteiger partial charge in [-0.2, -0.15) is 0 Å². The molecule has 29 heavy (non-hydrogen) atoms. The number of aryl methyl sites for hydroxylation is 1. The number of fused-ring (bicyclic) bond motifs is 1. The van der Waals surface area contributed by atoms with Gasteiger partial charge in [-0.1, -0.05) is 12.1 Å². The van der Waals surface area contributed by atoms with E-state index in [4.69, 9.17) is 0 Å². The summed E-state index contributed by atoms with van der Waals surface area (Å²) in [6.45, 7) is 2.02. The number of hydrogen-bond donors (Lipinski definition) is 0. The maximum absolute atomic E-state index is 12.8. The molecule has 0 spiro atoms. The van der Waals surface area contributed by atoms with E-state index in [1.807, 2.05) is 36.1 Å². The third kappa shape index (κ3) is 3.38. The molecule has 1 saturated heterocycles. The van der Waals surface area contributed by atoms with Crippen molar-refractivity contribution in [3.8, 4) is 11.3 Å². The van der Waals surface area contributed by atoms with Gasteiger partial charge in [-0.25, -0.2) is 9.97 Å². The Bertz CT molecular complexity index is 1210. The van der Waals surface area contributed by atoms with Crippen molar-refractivity contribution in [2.75, 3.05) is 18.0 Å². The van der Waals surface area contributed by atoms with Gasteiger partial charge in [0.2, 0.25) is 0 Å². The van der Waals surface area contributed by atoms with Gasteiger partial charge in [0.1, 0.15) is 5.82 Å². The maximum Gasteiger partial charge on any atom is 0.169 e. The molecule has 0 aliphatic carbocycles. The minimum atomic E-state index is 0.0591. The Hall–Kier alpha value is -3.54. The first-order chi connectivity index (χ1) is 14.2. The van der Waals surface area contributed by atoms with E-state index in [1.54, 1.807) is 18.6 Å². The average molecular weight is 383 g/mol. The van der Waals surface area contributed by atoms with Crippen molar-refractivity contribution in [3.63, 3.8) is 0 Å². The number of pyridine rings is 2. The minimum absolute atomic E-state index is 0.0591. The van der Waals surface area contributed by atoms with Crippen LogP contribution < -0.4 is 4.90 Å². The predicted molar refractivity (Wildman–Crippen MR) is 113 cm³/mol. The molecule has 4 aromatic rings. The Morgan fingerprint density at radius 1 is 1.03 bits per heavy atom. The van der Waals surface area contributed by atoms with Crippen molar-refractivity contribution in [3.05, 3.63) is 72.6 Å². The molecule has 1 fully saturated rings. The summed E-state index contributed by atoms with van der Waals surface area (Å²) in [5, 5.41) is 2.12. The molecule has 1 aliphatic rings. The van der Waals surface area contributed by atoms with Crippen molar-refractivity contribution >= 4 is 22.4 Å². The second-order valence-corrected chi connectivity index (χ2v) is 7.47. The Morgan fingerprint density at radius 3 is 2.69 bits per heavy atom. The summed E-state index contributed by atoms with van der Waals surface area (Å²) in [7, 11) is 1.98. The van der Waals surface area contributed by atoms with Gasteiger partial charge in [0.05, 0.1) is 24.6 Å². The summed E-state index contributed by atoms with van der Waals surface area (Å²) in [5.74, 6) is 0.943. The third-order valence-corrected chi connectivity index (χ3v) is 5.48. The van der Waals surface area contributed by atoms with Gasteiger partial charge in [0.15, 0.2) is 5.78 Å². The first-order valence-corrected chi connectivity index (χ1v) is 9.77. The molecular weight excluding hydrogens is 362 g/mol. The SMILES string of the molecule is Cn1cncc1-c1ccc2cnc(CC(=O)c3ccnc(N4CCC4)c3)cc2c1. The molecule has 1 aliphatic heterocycles. The molecule has 0 unspecified atom stereocenters. The van der Waals surface area contributed by atoms with Crippen molar-refractivity contribution in [1.29, 1.82) is 0 Å². The molecular formula is C23H21N5O. The third-order valence-electron chi connectivity index (χ3n) is 5.48. The molecule has 3 aromatic heterocycles. The van der Waals surface area contributed by atoms with Crippen LogP contribution >= 0.6 is 0 Å². The van der Waals surface area contributed by atoms with E-state index in [-0.39, 0.29) is 12.2 Å². The number of hydrogen-bond acceptors (Lipinski definition) is 5. The normalized spacial score (nSPS) is 13.5. The lowest BCUT2D eigenvalue weighted by molar-refractivity contribution is 0.0992. The molecule has 0 N–H and O–H groups in total. The van der Waals surface area contributed by atoms with E-state index in [0.29, 0.717) is 5.56 Å². The molecule has 0 radical (unpaired) electrons. The summed E-state index contributed by atoms with van der Waals surface area (Å²) >= 11 is 0. The monoisotopic (exact) mass is 383 g/mol. The fraction of sp³-hybridized carbons (Fsp3) is 0.217. The minimum Gasteiger partial charge on any atom is -0.356 e. The van der Waals surface area contributed by atoms with Gasteiger partial charge in [-0.3, -0.25) is 9.78 Å². The zero-order valence-corrected chi connectivity index (χ0v) is 16.2. The Labute approximate surface area is 168 Å². The van der Waals surface area contributed by atoms with Crippen LogP contribution in [0, 0.1) is 0 Å². The van der Waals surface area contributed by atoms with Gasteiger partial charge in [0, 0.05) is 54.7 Å². The average Bonchev–Trinajstić information content (AvgIpc) is 3.12. The van der Waals surface area contributed by atoms with Gasteiger partial charge >= 0.3 is 0 Å². The van der Waals surface area contributed by atoms with Crippen molar-refractivity contribution in [2.45, 2.75) is 12.8 Å². The van der Waals surface area contributed by atoms with E-state index in [2.05, 4.69) is 38.1 Å². The maximum atomic E-state index is 12.8. The van der Waals surface area contributed by atoms with Crippen LogP contribution in [0.15, 0.2) is 61.3 Å². The highest BCUT2D eigenvalue weighted by molar-refractivity contribution is 5.98. The van der Waals surface area contributed by atoms with Crippen LogP contribution in [0.1, 0.15) is 22.5 Å². The molecule has 0 saturated carbocycles. The highest BCUT2D eigenvalue weighted by Gasteiger charge is 2.17. The Kier molecular flexibility index (Phi) is 4.31. The zero-order valence-electron chi connectivity index (χ0n) is 16.2. The number of carbonyl (C=O) groups is 1. The van der Waals surface area contributed by atoms with Crippen LogP contribution in [0.4, 0.5) is 5.82 Å². The van der Waals surface area contributed by atoms with Crippen LogP contribution in [-0.4, -0.2) is 38.4 Å². The van der Waals surface area contributed by atoms with Crippen molar-refractivity contribution in [2.24, 2.45) is 7.05 Å². The quantitative estimate of drug-likeness (QED) is 0.492. The Morgan fingerprint density at radius 2 is 1.93 bits per heavy atom. The van der Waals surface area contributed by atoms with E-state index in [9.17, 15) is 4.79 Å². The van der Waals surface area contributed by atoms with E-state index in [0.717, 1.165) is 46.6 Å². The highest BCUT2D eigenvalue weighted by atomic mass is 16.1. The van der Waals surface area contributed by atoms with Crippen LogP contribution in [0.25, 0.3) is 22.0 Å². The number of rotatable bonds is 5. The number of aromatic nitrogens is 4. The molecule has 4 heterocycles. The second kappa shape index (κ2) is 7.13. The van der Waals surface area contributed by atoms with E-state index < -0.39 is 0 Å². The summed E-state index contributed by atoms with van der Waals surface area (Å²) in [4.78, 5) is 28.1. The lowest BCUT2D eigenvalue weighted by atomic mass is 10.0. The molecule has 144 valence electrons. The number of imidazole rings is 1. The number of carbonyl (C=O) groups excluding carboxylic acids is 1. The van der Waals surface area contributed by atoms with Crippen molar-refractivity contribution in [1.82, 2.24) is 19.5 Å². The molecule has 6 heteroatoms. The van der Waals surface area contributed by atoms with Gasteiger partial charge in [-0.05, 0) is 36.1 Å². The molecule has 0 atom stereocenters. The fourth-order valence-corrected chi connectivity index (χ4v) is 3.65. The van der Waals surface area contributed by atoms with Crippen LogP contribution in [-0.2, 0) is 13.5 Å². The molecule has 1 aromatic carbocycles. The zero-order chi connectivity index (χ0) is 19.8. The van der Waals surface area contributed by atoms with Crippen LogP contribution in [0.5, 0.6) is 0 Å². The van der Waals surface area contributed by atoms with Gasteiger partial charge < -0.3 is 9.47 Å². The van der Waals surface area contributed by atoms with Crippen LogP contribution in [0.3, 0.4) is 0 Å². The Balaban J connectivity index is 1.41. The number of anilines is 1. The summed E-state index contributed by atoms with van der Waals surface area (Å²) in [6, 6.07) is 11.9. The fourth-order valence-electron chi connectivity index (χ4n) is 3.65. The molecule has 0 amide bonds. The molecule has 0 bridgehead atoms. The topological polar surface area (TPSA) is 63.9 Å².